The second-order valence-electron chi connectivity index (χ2n) is 3.57. The van der Waals surface area contributed by atoms with Crippen LogP contribution in [0.2, 0.25) is 0 Å². The Morgan fingerprint density at radius 1 is 1.36 bits per heavy atom. The molecule has 2 unspecified atom stereocenters. The van der Waals surface area contributed by atoms with Gasteiger partial charge in [0.2, 0.25) is 0 Å². The third-order valence-corrected chi connectivity index (χ3v) is 3.41. The number of hydrogen-bond acceptors (Lipinski definition) is 5. The largest absolute Gasteiger partial charge is 1.00 e. The van der Waals surface area contributed by atoms with Crippen LogP contribution in [0.5, 0.6) is 0 Å². The van der Waals surface area contributed by atoms with Gasteiger partial charge in [0.15, 0.2) is 4.93 Å². The first-order chi connectivity index (χ1) is 5.74. The zero-order valence-electron chi connectivity index (χ0n) is 8.56. The molecule has 0 amide bonds. The van der Waals surface area contributed by atoms with E-state index in [9.17, 15) is 18.1 Å². The zero-order valence-corrected chi connectivity index (χ0v) is 11.4. The second-order valence-corrected chi connectivity index (χ2v) is 5.23. The Bertz CT molecular complexity index is 278. The molecule has 0 saturated carbocycles. The maximum absolute atomic E-state index is 10.7. The van der Waals surface area contributed by atoms with Crippen molar-refractivity contribution in [2.24, 2.45) is 0 Å². The average molecular weight is 232 g/mol. The zero-order chi connectivity index (χ0) is 10.3. The molecule has 1 N–H and O–H groups in total. The standard InChI is InChI=1S/C7H14O5S.Na/c1-5-3-7(8,13(9,10)11)4-6(2)12-5;/h5-6,8H,3-4H2,1-2H3,(H,9,10,11);/q;+1/p-1. The third kappa shape index (κ3) is 3.16. The van der Waals surface area contributed by atoms with Gasteiger partial charge in [-0.25, -0.2) is 8.42 Å². The minimum absolute atomic E-state index is 0. The van der Waals surface area contributed by atoms with Crippen LogP contribution in [0.3, 0.4) is 0 Å². The fourth-order valence-electron chi connectivity index (χ4n) is 1.68. The van der Waals surface area contributed by atoms with E-state index in [1.807, 2.05) is 0 Å². The van der Waals surface area contributed by atoms with E-state index < -0.39 is 27.3 Å². The van der Waals surface area contributed by atoms with Gasteiger partial charge >= 0.3 is 29.6 Å². The molecule has 14 heavy (non-hydrogen) atoms. The van der Waals surface area contributed by atoms with Gasteiger partial charge in [-0.05, 0) is 13.8 Å². The van der Waals surface area contributed by atoms with E-state index in [1.165, 1.54) is 0 Å². The van der Waals surface area contributed by atoms with Crippen molar-refractivity contribution in [1.29, 1.82) is 0 Å². The number of ether oxygens (including phenoxy) is 1. The van der Waals surface area contributed by atoms with Crippen LogP contribution in [0.1, 0.15) is 26.7 Å². The molecule has 2 atom stereocenters. The SMILES string of the molecule is CC1CC(O)(S(=O)(=O)[O-])CC(C)O1.[Na+]. The molecule has 7 heteroatoms. The summed E-state index contributed by atoms with van der Waals surface area (Å²) in [5, 5.41) is 9.57. The summed E-state index contributed by atoms with van der Waals surface area (Å²) >= 11 is 0. The fraction of sp³-hybridized carbons (Fsp3) is 1.00. The molecule has 0 radical (unpaired) electrons. The van der Waals surface area contributed by atoms with E-state index in [-0.39, 0.29) is 42.4 Å². The molecule has 0 aliphatic carbocycles. The van der Waals surface area contributed by atoms with E-state index >= 15 is 0 Å². The van der Waals surface area contributed by atoms with E-state index in [0.29, 0.717) is 0 Å². The Balaban J connectivity index is 0.00000169. The molecule has 1 aliphatic heterocycles. The molecule has 0 aromatic carbocycles. The van der Waals surface area contributed by atoms with Crippen molar-refractivity contribution in [1.82, 2.24) is 0 Å². The van der Waals surface area contributed by atoms with Crippen LogP contribution < -0.4 is 29.6 Å². The van der Waals surface area contributed by atoms with Crippen molar-refractivity contribution in [3.05, 3.63) is 0 Å². The minimum Gasteiger partial charge on any atom is -0.746 e. The van der Waals surface area contributed by atoms with E-state index in [0.717, 1.165) is 0 Å². The third-order valence-electron chi connectivity index (χ3n) is 2.14. The van der Waals surface area contributed by atoms with Crippen LogP contribution in [-0.2, 0) is 14.9 Å². The monoisotopic (exact) mass is 232 g/mol. The first kappa shape index (κ1) is 14.8. The van der Waals surface area contributed by atoms with Crippen LogP contribution in [-0.4, -0.2) is 35.2 Å². The summed E-state index contributed by atoms with van der Waals surface area (Å²) in [6, 6.07) is 0. The molecule has 0 aromatic rings. The molecule has 1 saturated heterocycles. The summed E-state index contributed by atoms with van der Waals surface area (Å²) in [5.74, 6) is 0. The maximum Gasteiger partial charge on any atom is 1.00 e. The van der Waals surface area contributed by atoms with Gasteiger partial charge in [-0.3, -0.25) is 0 Å². The first-order valence-electron chi connectivity index (χ1n) is 4.08. The van der Waals surface area contributed by atoms with Gasteiger partial charge in [-0.1, -0.05) is 0 Å². The molecule has 1 aliphatic rings. The van der Waals surface area contributed by atoms with Crippen molar-refractivity contribution < 1.29 is 52.4 Å². The molecule has 78 valence electrons. The Morgan fingerprint density at radius 3 is 2.00 bits per heavy atom. The van der Waals surface area contributed by atoms with Crippen LogP contribution >= 0.6 is 0 Å². The van der Waals surface area contributed by atoms with Gasteiger partial charge in [-0.2, -0.15) is 0 Å². The predicted molar refractivity (Wildman–Crippen MR) is 43.9 cm³/mol. The van der Waals surface area contributed by atoms with Crippen molar-refractivity contribution in [2.75, 3.05) is 0 Å². The Morgan fingerprint density at radius 2 is 1.71 bits per heavy atom. The summed E-state index contributed by atoms with van der Waals surface area (Å²) in [6.07, 6.45) is -1.11. The maximum atomic E-state index is 10.7. The minimum atomic E-state index is -4.67. The average Bonchev–Trinajstić information content (AvgIpc) is 1.79. The number of rotatable bonds is 1. The molecular formula is C7H13NaO5S. The van der Waals surface area contributed by atoms with Gasteiger partial charge in [0.25, 0.3) is 0 Å². The smallest absolute Gasteiger partial charge is 0.746 e. The van der Waals surface area contributed by atoms with Crippen molar-refractivity contribution >= 4 is 10.1 Å². The summed E-state index contributed by atoms with van der Waals surface area (Å²) in [7, 11) is -4.67. The molecule has 1 rings (SSSR count). The van der Waals surface area contributed by atoms with Crippen molar-refractivity contribution in [2.45, 2.75) is 43.8 Å². The van der Waals surface area contributed by atoms with E-state index in [1.54, 1.807) is 13.8 Å². The van der Waals surface area contributed by atoms with Gasteiger partial charge in [-0.15, -0.1) is 0 Å². The molecule has 5 nitrogen and oxygen atoms in total. The van der Waals surface area contributed by atoms with Crippen molar-refractivity contribution in [3.8, 4) is 0 Å². The molecule has 1 fully saturated rings. The first-order valence-corrected chi connectivity index (χ1v) is 5.49. The van der Waals surface area contributed by atoms with Crippen LogP contribution in [0.25, 0.3) is 0 Å². The Hall–Kier alpha value is 0.830. The Kier molecular flexibility index (Phi) is 5.06. The van der Waals surface area contributed by atoms with E-state index in [2.05, 4.69) is 0 Å². The number of aliphatic hydroxyl groups is 1. The predicted octanol–water partition coefficient (Wildman–Crippen LogP) is -3.19. The van der Waals surface area contributed by atoms with Gasteiger partial charge in [0, 0.05) is 12.8 Å². The van der Waals surface area contributed by atoms with Gasteiger partial charge in [0.05, 0.1) is 12.2 Å². The molecular weight excluding hydrogens is 219 g/mol. The Labute approximate surface area is 106 Å². The van der Waals surface area contributed by atoms with Gasteiger partial charge in [0.1, 0.15) is 10.1 Å². The summed E-state index contributed by atoms with van der Waals surface area (Å²) in [5.41, 5.74) is 0. The second kappa shape index (κ2) is 4.78. The molecule has 0 bridgehead atoms. The van der Waals surface area contributed by atoms with Crippen LogP contribution in [0.15, 0.2) is 0 Å². The molecule has 0 aromatic heterocycles. The molecule has 0 spiro atoms. The summed E-state index contributed by atoms with van der Waals surface area (Å²) in [6.45, 7) is 3.26. The quantitative estimate of drug-likeness (QED) is 0.380. The topological polar surface area (TPSA) is 86.7 Å². The van der Waals surface area contributed by atoms with Crippen LogP contribution in [0.4, 0.5) is 0 Å². The summed E-state index contributed by atoms with van der Waals surface area (Å²) < 4.78 is 37.4. The molecule has 1 heterocycles. The summed E-state index contributed by atoms with van der Waals surface area (Å²) in [4.78, 5) is -2.15. The van der Waals surface area contributed by atoms with Crippen molar-refractivity contribution in [3.63, 3.8) is 0 Å². The number of hydrogen-bond donors (Lipinski definition) is 1. The fourth-order valence-corrected chi connectivity index (χ4v) is 2.56. The normalized spacial score (nSPS) is 38.9. The van der Waals surface area contributed by atoms with E-state index in [4.69, 9.17) is 4.74 Å². The van der Waals surface area contributed by atoms with Gasteiger partial charge < -0.3 is 14.4 Å². The van der Waals surface area contributed by atoms with Crippen LogP contribution in [0, 0.1) is 0 Å².